The van der Waals surface area contributed by atoms with E-state index in [1.807, 2.05) is 0 Å². The van der Waals surface area contributed by atoms with Crippen LogP contribution in [0.4, 0.5) is 14.9 Å². The van der Waals surface area contributed by atoms with Gasteiger partial charge in [0.05, 0.1) is 0 Å². The first-order valence-corrected chi connectivity index (χ1v) is 8.27. The van der Waals surface area contributed by atoms with Gasteiger partial charge < -0.3 is 15.5 Å². The van der Waals surface area contributed by atoms with Gasteiger partial charge in [-0.1, -0.05) is 12.8 Å². The zero-order valence-corrected chi connectivity index (χ0v) is 13.1. The van der Waals surface area contributed by atoms with Gasteiger partial charge in [0.2, 0.25) is 5.91 Å². The van der Waals surface area contributed by atoms with Gasteiger partial charge in [-0.2, -0.15) is 0 Å². The van der Waals surface area contributed by atoms with E-state index in [0.717, 1.165) is 32.1 Å². The van der Waals surface area contributed by atoms with Crippen molar-refractivity contribution in [2.24, 2.45) is 0 Å². The molecule has 0 radical (unpaired) electrons. The van der Waals surface area contributed by atoms with Gasteiger partial charge in [-0.3, -0.25) is 4.79 Å². The van der Waals surface area contributed by atoms with Crippen LogP contribution in [0, 0.1) is 5.82 Å². The maximum absolute atomic E-state index is 12.9. The topological polar surface area (TPSA) is 61.4 Å². The number of rotatable bonds is 3. The van der Waals surface area contributed by atoms with Crippen LogP contribution >= 0.6 is 0 Å². The molecule has 5 nitrogen and oxygen atoms in total. The maximum Gasteiger partial charge on any atom is 0.322 e. The first-order valence-electron chi connectivity index (χ1n) is 8.27. The molecule has 124 valence electrons. The molecule has 23 heavy (non-hydrogen) atoms. The largest absolute Gasteiger partial charge is 0.352 e. The highest BCUT2D eigenvalue weighted by Gasteiger charge is 2.35. The van der Waals surface area contributed by atoms with Crippen molar-refractivity contribution in [3.63, 3.8) is 0 Å². The number of benzene rings is 1. The molecule has 1 saturated heterocycles. The monoisotopic (exact) mass is 319 g/mol. The fourth-order valence-electron chi connectivity index (χ4n) is 3.38. The Morgan fingerprint density at radius 1 is 1.04 bits per heavy atom. The molecule has 1 unspecified atom stereocenters. The zero-order chi connectivity index (χ0) is 16.2. The van der Waals surface area contributed by atoms with E-state index >= 15 is 0 Å². The number of carbonyl (C=O) groups is 2. The summed E-state index contributed by atoms with van der Waals surface area (Å²) in [4.78, 5) is 26.4. The molecule has 1 aliphatic carbocycles. The molecule has 3 amide bonds. The summed E-state index contributed by atoms with van der Waals surface area (Å²) in [6.45, 7) is 0.565. The Morgan fingerprint density at radius 2 is 1.74 bits per heavy atom. The molecular formula is C17H22FN3O2. The number of nitrogens with one attached hydrogen (secondary N) is 2. The summed E-state index contributed by atoms with van der Waals surface area (Å²) in [5.41, 5.74) is 0.526. The maximum atomic E-state index is 12.9. The van der Waals surface area contributed by atoms with Gasteiger partial charge in [-0.15, -0.1) is 0 Å². The van der Waals surface area contributed by atoms with Crippen LogP contribution < -0.4 is 10.6 Å². The van der Waals surface area contributed by atoms with E-state index in [0.29, 0.717) is 18.7 Å². The summed E-state index contributed by atoms with van der Waals surface area (Å²) >= 11 is 0. The minimum absolute atomic E-state index is 0.0522. The first kappa shape index (κ1) is 15.8. The van der Waals surface area contributed by atoms with E-state index in [1.54, 1.807) is 4.90 Å². The molecule has 0 aromatic heterocycles. The second kappa shape index (κ2) is 6.98. The number of likely N-dealkylation sites (tertiary alicyclic amines) is 1. The summed E-state index contributed by atoms with van der Waals surface area (Å²) in [5, 5.41) is 5.80. The quantitative estimate of drug-likeness (QED) is 0.900. The minimum atomic E-state index is -0.406. The van der Waals surface area contributed by atoms with Gasteiger partial charge in [-0.25, -0.2) is 9.18 Å². The van der Waals surface area contributed by atoms with E-state index < -0.39 is 6.04 Å². The zero-order valence-electron chi connectivity index (χ0n) is 13.1. The van der Waals surface area contributed by atoms with Crippen molar-refractivity contribution in [1.82, 2.24) is 10.2 Å². The molecular weight excluding hydrogens is 297 g/mol. The molecule has 2 fully saturated rings. The van der Waals surface area contributed by atoms with E-state index in [2.05, 4.69) is 10.6 Å². The third kappa shape index (κ3) is 3.81. The molecule has 6 heteroatoms. The second-order valence-electron chi connectivity index (χ2n) is 6.28. The lowest BCUT2D eigenvalue weighted by atomic mass is 10.1. The Balaban J connectivity index is 1.59. The van der Waals surface area contributed by atoms with Crippen LogP contribution in [0.25, 0.3) is 0 Å². The summed E-state index contributed by atoms with van der Waals surface area (Å²) in [5.74, 6) is -0.401. The number of nitrogens with zero attached hydrogens (tertiary/aromatic N) is 1. The summed E-state index contributed by atoms with van der Waals surface area (Å²) in [7, 11) is 0. The van der Waals surface area contributed by atoms with Crippen LogP contribution in [-0.2, 0) is 4.79 Å². The van der Waals surface area contributed by atoms with E-state index in [1.165, 1.54) is 24.3 Å². The predicted molar refractivity (Wildman–Crippen MR) is 85.5 cm³/mol. The normalized spacial score (nSPS) is 21.4. The number of halogens is 1. The molecule has 1 aromatic carbocycles. The first-order chi connectivity index (χ1) is 11.1. The Kier molecular flexibility index (Phi) is 4.79. The average molecular weight is 319 g/mol. The van der Waals surface area contributed by atoms with Gasteiger partial charge in [0.25, 0.3) is 0 Å². The van der Waals surface area contributed by atoms with Crippen molar-refractivity contribution in [3.8, 4) is 0 Å². The van der Waals surface area contributed by atoms with Crippen LogP contribution in [0.3, 0.4) is 0 Å². The minimum Gasteiger partial charge on any atom is -0.352 e. The molecule has 0 bridgehead atoms. The number of hydrogen-bond acceptors (Lipinski definition) is 2. The van der Waals surface area contributed by atoms with Gasteiger partial charge in [0, 0.05) is 18.3 Å². The number of hydrogen-bond donors (Lipinski definition) is 2. The fraction of sp³-hybridized carbons (Fsp3) is 0.529. The van der Waals surface area contributed by atoms with Crippen LogP contribution in [0.5, 0.6) is 0 Å². The standard InChI is InChI=1S/C17H22FN3O2/c18-12-7-9-14(10-8-12)20-17(23)21-11-3-6-15(21)16(22)19-13-4-1-2-5-13/h7-10,13,15H,1-6,11H2,(H,19,22)(H,20,23). The Labute approximate surface area is 135 Å². The van der Waals surface area contributed by atoms with E-state index in [-0.39, 0.29) is 23.8 Å². The van der Waals surface area contributed by atoms with Crippen molar-refractivity contribution in [2.75, 3.05) is 11.9 Å². The van der Waals surface area contributed by atoms with E-state index in [4.69, 9.17) is 0 Å². The molecule has 0 spiro atoms. The Hall–Kier alpha value is -2.11. The number of anilines is 1. The van der Waals surface area contributed by atoms with E-state index in [9.17, 15) is 14.0 Å². The van der Waals surface area contributed by atoms with Crippen molar-refractivity contribution in [1.29, 1.82) is 0 Å². The third-order valence-corrected chi connectivity index (χ3v) is 4.61. The van der Waals surface area contributed by atoms with Crippen molar-refractivity contribution in [2.45, 2.75) is 50.6 Å². The number of urea groups is 1. The lowest BCUT2D eigenvalue weighted by molar-refractivity contribution is -0.125. The summed E-state index contributed by atoms with van der Waals surface area (Å²) < 4.78 is 12.9. The Morgan fingerprint density at radius 3 is 2.43 bits per heavy atom. The summed E-state index contributed by atoms with van der Waals surface area (Å²) in [6, 6.07) is 5.16. The lowest BCUT2D eigenvalue weighted by Crippen LogP contribution is -2.49. The van der Waals surface area contributed by atoms with Crippen LogP contribution in [0.15, 0.2) is 24.3 Å². The number of amides is 3. The summed E-state index contributed by atoms with van der Waals surface area (Å²) in [6.07, 6.45) is 5.88. The lowest BCUT2D eigenvalue weighted by Gasteiger charge is -2.25. The van der Waals surface area contributed by atoms with Crippen LogP contribution in [-0.4, -0.2) is 35.5 Å². The number of carbonyl (C=O) groups excluding carboxylic acids is 2. The Bertz CT molecular complexity index is 570. The second-order valence-corrected chi connectivity index (χ2v) is 6.28. The molecule has 2 N–H and O–H groups in total. The van der Waals surface area contributed by atoms with Gasteiger partial charge in [0.15, 0.2) is 0 Å². The molecule has 2 aliphatic rings. The highest BCUT2D eigenvalue weighted by Crippen LogP contribution is 2.22. The van der Waals surface area contributed by atoms with Crippen LogP contribution in [0.1, 0.15) is 38.5 Å². The van der Waals surface area contributed by atoms with Crippen LogP contribution in [0.2, 0.25) is 0 Å². The highest BCUT2D eigenvalue weighted by atomic mass is 19.1. The molecule has 1 heterocycles. The smallest absolute Gasteiger partial charge is 0.322 e. The predicted octanol–water partition coefficient (Wildman–Crippen LogP) is 2.88. The van der Waals surface area contributed by atoms with Gasteiger partial charge in [0.1, 0.15) is 11.9 Å². The molecule has 1 aliphatic heterocycles. The molecule has 1 atom stereocenters. The SMILES string of the molecule is O=C(NC1CCCC1)C1CCCN1C(=O)Nc1ccc(F)cc1. The van der Waals surface area contributed by atoms with Gasteiger partial charge in [-0.05, 0) is 49.9 Å². The van der Waals surface area contributed by atoms with Gasteiger partial charge >= 0.3 is 6.03 Å². The average Bonchev–Trinajstić information content (AvgIpc) is 3.20. The molecule has 1 aromatic rings. The van der Waals surface area contributed by atoms with Crippen molar-refractivity contribution in [3.05, 3.63) is 30.1 Å². The van der Waals surface area contributed by atoms with Crippen molar-refractivity contribution >= 4 is 17.6 Å². The highest BCUT2D eigenvalue weighted by molar-refractivity contribution is 5.94. The molecule has 1 saturated carbocycles. The van der Waals surface area contributed by atoms with Crippen molar-refractivity contribution < 1.29 is 14.0 Å². The molecule has 3 rings (SSSR count). The third-order valence-electron chi connectivity index (χ3n) is 4.61. The fourth-order valence-corrected chi connectivity index (χ4v) is 3.38.